The van der Waals surface area contributed by atoms with Crippen LogP contribution in [0.1, 0.15) is 23.2 Å². The summed E-state index contributed by atoms with van der Waals surface area (Å²) in [6.07, 6.45) is 0.213. The van der Waals surface area contributed by atoms with Crippen LogP contribution < -0.4 is 0 Å². The fourth-order valence-corrected chi connectivity index (χ4v) is 0.991. The van der Waals surface area contributed by atoms with Crippen molar-refractivity contribution >= 4 is 5.78 Å². The fraction of sp³-hybridized carbons (Fsp3) is 0.200. The summed E-state index contributed by atoms with van der Waals surface area (Å²) in [5.41, 5.74) is 0.0674. The third-order valence-corrected chi connectivity index (χ3v) is 1.64. The molecule has 0 aromatic heterocycles. The van der Waals surface area contributed by atoms with E-state index in [9.17, 15) is 9.18 Å². The van der Waals surface area contributed by atoms with E-state index in [4.69, 9.17) is 5.26 Å². The molecule has 0 amide bonds. The van der Waals surface area contributed by atoms with Gasteiger partial charge in [0, 0.05) is 12.8 Å². The number of nitrogens with zero attached hydrogens (tertiary/aromatic N) is 1. The Balaban J connectivity index is 2.78. The van der Waals surface area contributed by atoms with Gasteiger partial charge < -0.3 is 0 Å². The molecule has 13 heavy (non-hydrogen) atoms. The zero-order chi connectivity index (χ0) is 9.68. The lowest BCUT2D eigenvalue weighted by Gasteiger charge is -1.98. The summed E-state index contributed by atoms with van der Waals surface area (Å²) in [5.74, 6) is -0.843. The Bertz CT molecular complexity index is 354. The minimum atomic E-state index is -0.523. The number of Topliss-reactive ketones (excluding diaryl/α,β-unsaturated/α-hetero) is 1. The molecule has 0 bridgehead atoms. The summed E-state index contributed by atoms with van der Waals surface area (Å²) < 4.78 is 13.0. The second kappa shape index (κ2) is 4.36. The Hall–Kier alpha value is -1.69. The molecular weight excluding hydrogens is 169 g/mol. The van der Waals surface area contributed by atoms with Gasteiger partial charge in [-0.1, -0.05) is 12.1 Å². The number of hydrogen-bond donors (Lipinski definition) is 0. The molecule has 0 heterocycles. The van der Waals surface area contributed by atoms with Crippen LogP contribution >= 0.6 is 0 Å². The van der Waals surface area contributed by atoms with Crippen LogP contribution in [0.3, 0.4) is 0 Å². The van der Waals surface area contributed by atoms with Crippen molar-refractivity contribution in [2.75, 3.05) is 0 Å². The largest absolute Gasteiger partial charge is 0.294 e. The normalized spacial score (nSPS) is 9.23. The second-order valence-electron chi connectivity index (χ2n) is 2.56. The Morgan fingerprint density at radius 2 is 2.15 bits per heavy atom. The monoisotopic (exact) mass is 177 g/mol. The number of carbonyl (C=O) groups excluding carboxylic acids is 1. The highest BCUT2D eigenvalue weighted by atomic mass is 19.1. The zero-order valence-electron chi connectivity index (χ0n) is 6.96. The minimum Gasteiger partial charge on any atom is -0.294 e. The Kier molecular flexibility index (Phi) is 3.15. The van der Waals surface area contributed by atoms with E-state index in [1.54, 1.807) is 6.07 Å². The number of rotatable bonds is 3. The SMILES string of the molecule is N#CCCC(=O)c1ccccc1F. The average Bonchev–Trinajstić information content (AvgIpc) is 2.15. The molecule has 0 saturated carbocycles. The van der Waals surface area contributed by atoms with Gasteiger partial charge in [0.2, 0.25) is 0 Å². The van der Waals surface area contributed by atoms with Crippen LogP contribution in [0.2, 0.25) is 0 Å². The van der Waals surface area contributed by atoms with E-state index >= 15 is 0 Å². The smallest absolute Gasteiger partial charge is 0.166 e. The van der Waals surface area contributed by atoms with Gasteiger partial charge in [-0.3, -0.25) is 4.79 Å². The van der Waals surface area contributed by atoms with Crippen LogP contribution in [0.4, 0.5) is 4.39 Å². The Labute approximate surface area is 75.6 Å². The molecular formula is C10H8FNO. The van der Waals surface area contributed by atoms with Crippen LogP contribution in [0, 0.1) is 17.1 Å². The van der Waals surface area contributed by atoms with Gasteiger partial charge in [0.05, 0.1) is 11.6 Å². The summed E-state index contributed by atoms with van der Waals surface area (Å²) in [4.78, 5) is 11.2. The number of benzene rings is 1. The Morgan fingerprint density at radius 3 is 2.77 bits per heavy atom. The van der Waals surface area contributed by atoms with Gasteiger partial charge in [0.1, 0.15) is 5.82 Å². The highest BCUT2D eigenvalue weighted by molar-refractivity contribution is 5.96. The molecule has 1 aromatic rings. The number of halogens is 1. The van der Waals surface area contributed by atoms with E-state index in [0.717, 1.165) is 0 Å². The van der Waals surface area contributed by atoms with Crippen LogP contribution in [0.5, 0.6) is 0 Å². The van der Waals surface area contributed by atoms with Gasteiger partial charge >= 0.3 is 0 Å². The van der Waals surface area contributed by atoms with Crippen LogP contribution in [0.15, 0.2) is 24.3 Å². The topological polar surface area (TPSA) is 40.9 Å². The molecule has 0 atom stereocenters. The van der Waals surface area contributed by atoms with E-state index in [0.29, 0.717) is 0 Å². The van der Waals surface area contributed by atoms with Gasteiger partial charge in [-0.05, 0) is 12.1 Å². The summed E-state index contributed by atoms with van der Waals surface area (Å²) in [6, 6.07) is 7.63. The van der Waals surface area contributed by atoms with Gasteiger partial charge in [-0.25, -0.2) is 4.39 Å². The molecule has 1 rings (SSSR count). The third-order valence-electron chi connectivity index (χ3n) is 1.64. The predicted octanol–water partition coefficient (Wildman–Crippen LogP) is 2.31. The maximum Gasteiger partial charge on any atom is 0.166 e. The van der Waals surface area contributed by atoms with Crippen LogP contribution in [0.25, 0.3) is 0 Å². The molecule has 0 radical (unpaired) electrons. The number of carbonyl (C=O) groups is 1. The molecule has 0 N–H and O–H groups in total. The Morgan fingerprint density at radius 1 is 1.46 bits per heavy atom. The third kappa shape index (κ3) is 2.38. The summed E-state index contributed by atoms with van der Waals surface area (Å²) >= 11 is 0. The van der Waals surface area contributed by atoms with E-state index < -0.39 is 5.82 Å². The predicted molar refractivity (Wildman–Crippen MR) is 45.6 cm³/mol. The van der Waals surface area contributed by atoms with Crippen molar-refractivity contribution in [1.82, 2.24) is 0 Å². The highest BCUT2D eigenvalue weighted by Gasteiger charge is 2.09. The lowest BCUT2D eigenvalue weighted by molar-refractivity contribution is 0.0980. The lowest BCUT2D eigenvalue weighted by atomic mass is 10.1. The molecule has 0 aliphatic rings. The van der Waals surface area contributed by atoms with Crippen molar-refractivity contribution in [2.45, 2.75) is 12.8 Å². The van der Waals surface area contributed by atoms with Crippen molar-refractivity contribution in [1.29, 1.82) is 5.26 Å². The van der Waals surface area contributed by atoms with Crippen molar-refractivity contribution in [3.05, 3.63) is 35.6 Å². The standard InChI is InChI=1S/C10H8FNO/c11-9-5-2-1-4-8(9)10(13)6-3-7-12/h1-2,4-5H,3,6H2. The van der Waals surface area contributed by atoms with E-state index in [-0.39, 0.29) is 24.2 Å². The molecule has 0 aliphatic heterocycles. The summed E-state index contributed by atoms with van der Waals surface area (Å²) in [7, 11) is 0. The molecule has 2 nitrogen and oxygen atoms in total. The van der Waals surface area contributed by atoms with Gasteiger partial charge in [0.25, 0.3) is 0 Å². The van der Waals surface area contributed by atoms with E-state index in [1.165, 1.54) is 18.2 Å². The second-order valence-corrected chi connectivity index (χ2v) is 2.56. The molecule has 3 heteroatoms. The van der Waals surface area contributed by atoms with Crippen molar-refractivity contribution in [3.63, 3.8) is 0 Å². The van der Waals surface area contributed by atoms with Gasteiger partial charge in [-0.15, -0.1) is 0 Å². The highest BCUT2D eigenvalue weighted by Crippen LogP contribution is 2.09. The molecule has 0 fully saturated rings. The maximum absolute atomic E-state index is 13.0. The molecule has 0 saturated heterocycles. The van der Waals surface area contributed by atoms with Crippen molar-refractivity contribution < 1.29 is 9.18 Å². The number of ketones is 1. The molecule has 0 aliphatic carbocycles. The first-order valence-corrected chi connectivity index (χ1v) is 3.90. The molecule has 66 valence electrons. The fourth-order valence-electron chi connectivity index (χ4n) is 0.991. The van der Waals surface area contributed by atoms with Gasteiger partial charge in [0.15, 0.2) is 5.78 Å². The van der Waals surface area contributed by atoms with Crippen molar-refractivity contribution in [3.8, 4) is 6.07 Å². The first-order chi connectivity index (χ1) is 6.25. The summed E-state index contributed by atoms with van der Waals surface area (Å²) in [6.45, 7) is 0. The lowest BCUT2D eigenvalue weighted by Crippen LogP contribution is -2.01. The van der Waals surface area contributed by atoms with E-state index in [2.05, 4.69) is 0 Å². The molecule has 1 aromatic carbocycles. The van der Waals surface area contributed by atoms with Crippen LogP contribution in [-0.2, 0) is 0 Å². The van der Waals surface area contributed by atoms with Crippen molar-refractivity contribution in [2.24, 2.45) is 0 Å². The maximum atomic E-state index is 13.0. The first kappa shape index (κ1) is 9.40. The zero-order valence-corrected chi connectivity index (χ0v) is 6.96. The number of nitriles is 1. The summed E-state index contributed by atoms with van der Waals surface area (Å²) in [5, 5.41) is 8.24. The van der Waals surface area contributed by atoms with Gasteiger partial charge in [-0.2, -0.15) is 5.26 Å². The average molecular weight is 177 g/mol. The minimum absolute atomic E-state index is 0.0674. The first-order valence-electron chi connectivity index (χ1n) is 3.90. The quantitative estimate of drug-likeness (QED) is 0.664. The van der Waals surface area contributed by atoms with Crippen LogP contribution in [-0.4, -0.2) is 5.78 Å². The number of hydrogen-bond acceptors (Lipinski definition) is 2. The molecule has 0 spiro atoms. The molecule has 0 unspecified atom stereocenters. The van der Waals surface area contributed by atoms with E-state index in [1.807, 2.05) is 6.07 Å².